The predicted molar refractivity (Wildman–Crippen MR) is 35.5 cm³/mol. The molecular formula is C4H4N4S. The van der Waals surface area contributed by atoms with Crippen LogP contribution in [0.5, 0.6) is 0 Å². The fourth-order valence-electron chi connectivity index (χ4n) is 0.652. The van der Waals surface area contributed by atoms with Gasteiger partial charge in [0, 0.05) is 12.6 Å². The lowest BCUT2D eigenvalue weighted by Gasteiger charge is -2.07. The number of allylic oxidation sites excluding steroid dienone is 1. The molecule has 0 fully saturated rings. The maximum Gasteiger partial charge on any atom is 0.141 e. The first-order chi connectivity index (χ1) is 4.47. The summed E-state index contributed by atoms with van der Waals surface area (Å²) < 4.78 is 3.71. The highest BCUT2D eigenvalue weighted by molar-refractivity contribution is 8.01. The van der Waals surface area contributed by atoms with Crippen molar-refractivity contribution < 1.29 is 0 Å². The summed E-state index contributed by atoms with van der Waals surface area (Å²) in [4.78, 5) is 0. The van der Waals surface area contributed by atoms with Gasteiger partial charge in [0.25, 0.3) is 0 Å². The first-order valence-corrected chi connectivity index (χ1v) is 3.35. The highest BCUT2D eigenvalue weighted by atomic mass is 32.2. The topological polar surface area (TPSA) is 40.3 Å². The molecule has 0 atom stereocenters. The second-order valence-electron chi connectivity index (χ2n) is 1.63. The van der Waals surface area contributed by atoms with E-state index < -0.39 is 0 Å². The summed E-state index contributed by atoms with van der Waals surface area (Å²) in [6.45, 7) is 0. The molecule has 0 radical (unpaired) electrons. The predicted octanol–water partition coefficient (Wildman–Crippen LogP) is 1.55. The van der Waals surface area contributed by atoms with E-state index in [9.17, 15) is 0 Å². The van der Waals surface area contributed by atoms with Crippen LogP contribution in [0.4, 0.5) is 0 Å². The second-order valence-corrected chi connectivity index (χ2v) is 2.39. The van der Waals surface area contributed by atoms with E-state index in [0.29, 0.717) is 0 Å². The number of fused-ring (bicyclic) bond motifs is 1. The van der Waals surface area contributed by atoms with Crippen molar-refractivity contribution in [1.82, 2.24) is 5.12 Å². The molecule has 0 N–H and O–H groups in total. The van der Waals surface area contributed by atoms with Crippen molar-refractivity contribution in [3.8, 4) is 0 Å². The van der Waals surface area contributed by atoms with E-state index in [0.717, 1.165) is 11.4 Å². The van der Waals surface area contributed by atoms with Crippen molar-refractivity contribution in [3.05, 3.63) is 11.1 Å². The van der Waals surface area contributed by atoms with Crippen molar-refractivity contribution >= 4 is 18.2 Å². The number of nitrogens with zero attached hydrogens (tertiary/aromatic N) is 4. The van der Waals surface area contributed by atoms with E-state index in [2.05, 4.69) is 14.8 Å². The number of hydrazone groups is 1. The largest absolute Gasteiger partial charge is 0.161 e. The van der Waals surface area contributed by atoms with Gasteiger partial charge in [0.05, 0.1) is 11.9 Å². The zero-order valence-corrected chi connectivity index (χ0v) is 5.38. The maximum atomic E-state index is 3.95. The third-order valence-electron chi connectivity index (χ3n) is 1.04. The molecule has 5 heteroatoms. The third kappa shape index (κ3) is 0.730. The second kappa shape index (κ2) is 1.84. The molecule has 0 saturated heterocycles. The molecule has 0 aromatic carbocycles. The third-order valence-corrected chi connectivity index (χ3v) is 1.71. The zero-order chi connectivity index (χ0) is 6.10. The van der Waals surface area contributed by atoms with Crippen LogP contribution in [-0.2, 0) is 0 Å². The van der Waals surface area contributed by atoms with Gasteiger partial charge in [-0.2, -0.15) is 5.10 Å². The Kier molecular flexibility index (Phi) is 1.02. The highest BCUT2D eigenvalue weighted by Gasteiger charge is 2.15. The number of hydrogen-bond acceptors (Lipinski definition) is 5. The van der Waals surface area contributed by atoms with Gasteiger partial charge in [-0.05, 0) is 11.3 Å². The van der Waals surface area contributed by atoms with Crippen LogP contribution in [0.3, 0.4) is 0 Å². The summed E-state index contributed by atoms with van der Waals surface area (Å²) in [5.74, 6) is 0. The molecule has 2 aliphatic rings. The summed E-state index contributed by atoms with van der Waals surface area (Å²) in [6.07, 6.45) is 4.73. The normalized spacial score (nSPS) is 22.2. The van der Waals surface area contributed by atoms with E-state index in [1.807, 2.05) is 6.08 Å². The van der Waals surface area contributed by atoms with E-state index >= 15 is 0 Å². The number of rotatable bonds is 0. The molecule has 2 aliphatic heterocycles. The Bertz CT molecular complexity index is 207. The molecule has 0 aromatic rings. The fraction of sp³-hybridized carbons (Fsp3) is 0.250. The van der Waals surface area contributed by atoms with Crippen molar-refractivity contribution in [2.45, 2.75) is 6.42 Å². The van der Waals surface area contributed by atoms with Crippen LogP contribution < -0.4 is 0 Å². The van der Waals surface area contributed by atoms with Gasteiger partial charge >= 0.3 is 0 Å². The van der Waals surface area contributed by atoms with E-state index in [-0.39, 0.29) is 0 Å². The molecule has 0 aromatic heterocycles. The smallest absolute Gasteiger partial charge is 0.141 e. The molecule has 9 heavy (non-hydrogen) atoms. The van der Waals surface area contributed by atoms with Crippen LogP contribution in [0.1, 0.15) is 6.42 Å². The SMILES string of the molecule is C1=NN2N=NSC2=CC1. The lowest BCUT2D eigenvalue weighted by Crippen LogP contribution is -2.05. The minimum absolute atomic E-state index is 0.893. The van der Waals surface area contributed by atoms with Crippen LogP contribution in [0.15, 0.2) is 25.9 Å². The van der Waals surface area contributed by atoms with Crippen molar-refractivity contribution in [3.63, 3.8) is 0 Å². The van der Waals surface area contributed by atoms with E-state index in [1.165, 1.54) is 17.1 Å². The quantitative estimate of drug-likeness (QED) is 0.479. The lowest BCUT2D eigenvalue weighted by atomic mass is 10.4. The first-order valence-electron chi connectivity index (χ1n) is 2.57. The van der Waals surface area contributed by atoms with Crippen LogP contribution >= 0.6 is 11.9 Å². The van der Waals surface area contributed by atoms with Gasteiger partial charge in [-0.15, -0.1) is 5.12 Å². The standard InChI is InChI=1S/C4H4N4S/c1-2-4-8(5-3-1)6-7-9-4/h2-3H,1H2. The molecule has 2 heterocycles. The van der Waals surface area contributed by atoms with Gasteiger partial charge in [-0.25, -0.2) is 0 Å². The van der Waals surface area contributed by atoms with E-state index in [4.69, 9.17) is 0 Å². The van der Waals surface area contributed by atoms with Gasteiger partial charge in [0.15, 0.2) is 0 Å². The van der Waals surface area contributed by atoms with Crippen LogP contribution in [0, 0.1) is 0 Å². The summed E-state index contributed by atoms with van der Waals surface area (Å²) in [5, 5.41) is 10.2. The molecule has 0 spiro atoms. The highest BCUT2D eigenvalue weighted by Crippen LogP contribution is 2.31. The van der Waals surface area contributed by atoms with Crippen LogP contribution in [0.25, 0.3) is 0 Å². The average Bonchev–Trinajstić information content (AvgIpc) is 2.33. The Labute approximate surface area is 56.4 Å². The lowest BCUT2D eigenvalue weighted by molar-refractivity contribution is 0.400. The average molecular weight is 140 g/mol. The molecule has 4 nitrogen and oxygen atoms in total. The van der Waals surface area contributed by atoms with Gasteiger partial charge < -0.3 is 0 Å². The zero-order valence-electron chi connectivity index (χ0n) is 4.56. The number of hydrogen-bond donors (Lipinski definition) is 0. The molecule has 2 rings (SSSR count). The molecule has 0 bridgehead atoms. The van der Waals surface area contributed by atoms with Gasteiger partial charge in [-0.1, -0.05) is 4.52 Å². The molecular weight excluding hydrogens is 136 g/mol. The Hall–Kier alpha value is -0.840. The minimum Gasteiger partial charge on any atom is -0.161 e. The van der Waals surface area contributed by atoms with Crippen LogP contribution in [0.2, 0.25) is 0 Å². The Morgan fingerprint density at radius 3 is 3.56 bits per heavy atom. The summed E-state index contributed by atoms with van der Waals surface area (Å²) in [7, 11) is 0. The monoisotopic (exact) mass is 140 g/mol. The molecule has 0 aliphatic carbocycles. The minimum atomic E-state index is 0.893. The maximum absolute atomic E-state index is 3.95. The van der Waals surface area contributed by atoms with Crippen molar-refractivity contribution in [2.24, 2.45) is 14.8 Å². The first kappa shape index (κ1) is 4.99. The Balaban J connectivity index is 2.29. The van der Waals surface area contributed by atoms with Gasteiger partial charge in [0.1, 0.15) is 5.03 Å². The molecule has 46 valence electrons. The van der Waals surface area contributed by atoms with Crippen LogP contribution in [-0.4, -0.2) is 11.3 Å². The molecule has 0 amide bonds. The van der Waals surface area contributed by atoms with Crippen molar-refractivity contribution in [2.75, 3.05) is 0 Å². The van der Waals surface area contributed by atoms with Gasteiger partial charge in [0.2, 0.25) is 0 Å². The van der Waals surface area contributed by atoms with Crippen molar-refractivity contribution in [1.29, 1.82) is 0 Å². The molecule has 0 saturated carbocycles. The van der Waals surface area contributed by atoms with Gasteiger partial charge in [-0.3, -0.25) is 0 Å². The Morgan fingerprint density at radius 2 is 2.67 bits per heavy atom. The summed E-state index contributed by atoms with van der Waals surface area (Å²) >= 11 is 1.36. The summed E-state index contributed by atoms with van der Waals surface area (Å²) in [5.41, 5.74) is 0. The molecule has 0 unspecified atom stereocenters. The summed E-state index contributed by atoms with van der Waals surface area (Å²) in [6, 6.07) is 0. The fourth-order valence-corrected chi connectivity index (χ4v) is 1.17. The Morgan fingerprint density at radius 1 is 1.67 bits per heavy atom. The van der Waals surface area contributed by atoms with E-state index in [1.54, 1.807) is 6.21 Å².